The van der Waals surface area contributed by atoms with E-state index in [0.717, 1.165) is 38.6 Å². The molecule has 0 radical (unpaired) electrons. The maximum Gasteiger partial charge on any atom is 0.282 e. The van der Waals surface area contributed by atoms with Crippen molar-refractivity contribution in [2.75, 3.05) is 33.2 Å². The van der Waals surface area contributed by atoms with E-state index in [1.807, 2.05) is 7.05 Å². The molecule has 1 N–H and O–H groups in total. The first-order valence-corrected chi connectivity index (χ1v) is 7.97. The fourth-order valence-corrected chi connectivity index (χ4v) is 4.73. The Labute approximate surface area is 116 Å². The minimum Gasteiger partial charge on any atom is -0.318 e. The highest BCUT2D eigenvalue weighted by molar-refractivity contribution is 7.86. The van der Waals surface area contributed by atoms with Crippen LogP contribution >= 0.6 is 12.4 Å². The highest BCUT2D eigenvalue weighted by atomic mass is 35.5. The van der Waals surface area contributed by atoms with E-state index in [1.165, 1.54) is 0 Å². The molecular formula is C11H24ClN3O2S. The summed E-state index contributed by atoms with van der Waals surface area (Å²) in [6.45, 7) is 2.84. The molecule has 2 aliphatic rings. The van der Waals surface area contributed by atoms with Gasteiger partial charge in [-0.1, -0.05) is 6.42 Å². The van der Waals surface area contributed by atoms with Crippen LogP contribution < -0.4 is 5.32 Å². The van der Waals surface area contributed by atoms with Crippen LogP contribution in [-0.2, 0) is 10.2 Å². The van der Waals surface area contributed by atoms with Crippen molar-refractivity contribution in [3.05, 3.63) is 0 Å². The number of hydrogen-bond donors (Lipinski definition) is 1. The molecule has 1 atom stereocenters. The molecule has 0 bridgehead atoms. The first kappa shape index (κ1) is 16.2. The second kappa shape index (κ2) is 7.05. The Bertz CT molecular complexity index is 344. The Morgan fingerprint density at radius 1 is 1.11 bits per heavy atom. The van der Waals surface area contributed by atoms with Crippen LogP contribution in [0.5, 0.6) is 0 Å². The molecule has 2 heterocycles. The van der Waals surface area contributed by atoms with Crippen LogP contribution in [0.1, 0.15) is 32.1 Å². The van der Waals surface area contributed by atoms with E-state index < -0.39 is 10.2 Å². The van der Waals surface area contributed by atoms with Gasteiger partial charge in [-0.05, 0) is 32.7 Å². The summed E-state index contributed by atoms with van der Waals surface area (Å²) in [4.78, 5) is 0. The Hall–Kier alpha value is 0.120. The van der Waals surface area contributed by atoms with E-state index in [-0.39, 0.29) is 18.4 Å². The van der Waals surface area contributed by atoms with Crippen LogP contribution in [-0.4, -0.2) is 56.3 Å². The number of piperidine rings is 1. The lowest BCUT2D eigenvalue weighted by Gasteiger charge is -2.32. The molecule has 2 saturated heterocycles. The summed E-state index contributed by atoms with van der Waals surface area (Å²) >= 11 is 0. The second-order valence-corrected chi connectivity index (χ2v) is 6.81. The summed E-state index contributed by atoms with van der Waals surface area (Å²) in [6.07, 6.45) is 5.13. The van der Waals surface area contributed by atoms with Crippen molar-refractivity contribution in [3.8, 4) is 0 Å². The molecule has 5 nitrogen and oxygen atoms in total. The van der Waals surface area contributed by atoms with Gasteiger partial charge in [0.15, 0.2) is 0 Å². The zero-order valence-corrected chi connectivity index (χ0v) is 12.6. The predicted octanol–water partition coefficient (Wildman–Crippen LogP) is 0.823. The number of halogens is 1. The molecule has 0 aliphatic carbocycles. The van der Waals surface area contributed by atoms with Crippen LogP contribution in [0.2, 0.25) is 0 Å². The van der Waals surface area contributed by atoms with Crippen molar-refractivity contribution in [2.24, 2.45) is 0 Å². The van der Waals surface area contributed by atoms with Crippen LogP contribution in [0.25, 0.3) is 0 Å². The average Bonchev–Trinajstić information content (AvgIpc) is 2.80. The number of nitrogens with one attached hydrogen (secondary N) is 1. The van der Waals surface area contributed by atoms with Gasteiger partial charge in [0.2, 0.25) is 0 Å². The molecule has 0 saturated carbocycles. The minimum atomic E-state index is -3.21. The largest absolute Gasteiger partial charge is 0.318 e. The molecule has 0 aromatic carbocycles. The lowest BCUT2D eigenvalue weighted by molar-refractivity contribution is 0.293. The SMILES string of the molecule is CNCC1CCCN1S(=O)(=O)N1CCCCC1.Cl. The summed E-state index contributed by atoms with van der Waals surface area (Å²) in [5.41, 5.74) is 0. The fraction of sp³-hybridized carbons (Fsp3) is 1.00. The lowest BCUT2D eigenvalue weighted by atomic mass is 10.2. The fourth-order valence-electron chi connectivity index (χ4n) is 2.80. The van der Waals surface area contributed by atoms with Gasteiger partial charge in [-0.25, -0.2) is 0 Å². The maximum absolute atomic E-state index is 12.5. The van der Waals surface area contributed by atoms with Gasteiger partial charge in [0.1, 0.15) is 0 Å². The van der Waals surface area contributed by atoms with Gasteiger partial charge in [-0.3, -0.25) is 0 Å². The monoisotopic (exact) mass is 297 g/mol. The first-order chi connectivity index (χ1) is 8.16. The van der Waals surface area contributed by atoms with E-state index >= 15 is 0 Å². The molecule has 0 aromatic heterocycles. The van der Waals surface area contributed by atoms with Crippen LogP contribution in [0.3, 0.4) is 0 Å². The highest BCUT2D eigenvalue weighted by Gasteiger charge is 2.37. The summed E-state index contributed by atoms with van der Waals surface area (Å²) in [5, 5.41) is 3.09. The summed E-state index contributed by atoms with van der Waals surface area (Å²) in [6, 6.07) is 0.145. The van der Waals surface area contributed by atoms with Gasteiger partial charge in [0.05, 0.1) is 0 Å². The maximum atomic E-state index is 12.5. The molecule has 7 heteroatoms. The van der Waals surface area contributed by atoms with Gasteiger partial charge >= 0.3 is 0 Å². The zero-order chi connectivity index (χ0) is 12.3. The van der Waals surface area contributed by atoms with Crippen LogP contribution in [0.4, 0.5) is 0 Å². The van der Waals surface area contributed by atoms with Crippen LogP contribution in [0, 0.1) is 0 Å². The molecule has 2 aliphatic heterocycles. The van der Waals surface area contributed by atoms with E-state index in [2.05, 4.69) is 5.32 Å². The molecular weight excluding hydrogens is 274 g/mol. The van der Waals surface area contributed by atoms with Gasteiger partial charge in [0.25, 0.3) is 10.2 Å². The van der Waals surface area contributed by atoms with Crippen molar-refractivity contribution < 1.29 is 8.42 Å². The van der Waals surface area contributed by atoms with Crippen molar-refractivity contribution >= 4 is 22.6 Å². The van der Waals surface area contributed by atoms with E-state index in [4.69, 9.17) is 0 Å². The Balaban J connectivity index is 0.00000162. The third-order valence-electron chi connectivity index (χ3n) is 3.70. The van der Waals surface area contributed by atoms with E-state index in [1.54, 1.807) is 8.61 Å². The third kappa shape index (κ3) is 3.36. The Kier molecular flexibility index (Phi) is 6.34. The molecule has 2 fully saturated rings. The van der Waals surface area contributed by atoms with Gasteiger partial charge in [-0.2, -0.15) is 17.0 Å². The van der Waals surface area contributed by atoms with E-state index in [9.17, 15) is 8.42 Å². The standard InChI is InChI=1S/C11H23N3O2S.ClH/c1-12-10-11-6-5-9-14(11)17(15,16)13-7-3-2-4-8-13;/h11-12H,2-10H2,1H3;1H. The van der Waals surface area contributed by atoms with E-state index in [0.29, 0.717) is 19.6 Å². The Morgan fingerprint density at radius 2 is 1.78 bits per heavy atom. The smallest absolute Gasteiger partial charge is 0.282 e. The molecule has 18 heavy (non-hydrogen) atoms. The molecule has 1 unspecified atom stereocenters. The minimum absolute atomic E-state index is 0. The molecule has 0 spiro atoms. The van der Waals surface area contributed by atoms with Crippen LogP contribution in [0.15, 0.2) is 0 Å². The molecule has 0 amide bonds. The number of nitrogens with zero attached hydrogens (tertiary/aromatic N) is 2. The second-order valence-electron chi connectivity index (χ2n) is 4.93. The van der Waals surface area contributed by atoms with Crippen molar-refractivity contribution in [2.45, 2.75) is 38.1 Å². The first-order valence-electron chi connectivity index (χ1n) is 6.58. The molecule has 108 valence electrons. The molecule has 2 rings (SSSR count). The van der Waals surface area contributed by atoms with Crippen molar-refractivity contribution in [1.29, 1.82) is 0 Å². The third-order valence-corrected chi connectivity index (χ3v) is 5.79. The average molecular weight is 298 g/mol. The van der Waals surface area contributed by atoms with Crippen molar-refractivity contribution in [3.63, 3.8) is 0 Å². The van der Waals surface area contributed by atoms with Gasteiger partial charge in [0, 0.05) is 32.2 Å². The molecule has 0 aromatic rings. The summed E-state index contributed by atoms with van der Waals surface area (Å²) in [5.74, 6) is 0. The highest BCUT2D eigenvalue weighted by Crippen LogP contribution is 2.24. The predicted molar refractivity (Wildman–Crippen MR) is 75.2 cm³/mol. The summed E-state index contributed by atoms with van der Waals surface area (Å²) < 4.78 is 28.4. The zero-order valence-electron chi connectivity index (χ0n) is 11.0. The topological polar surface area (TPSA) is 52.7 Å². The van der Waals surface area contributed by atoms with Crippen molar-refractivity contribution in [1.82, 2.24) is 13.9 Å². The van der Waals surface area contributed by atoms with Gasteiger partial charge < -0.3 is 5.32 Å². The van der Waals surface area contributed by atoms with Gasteiger partial charge in [-0.15, -0.1) is 12.4 Å². The number of hydrogen-bond acceptors (Lipinski definition) is 3. The number of likely N-dealkylation sites (N-methyl/N-ethyl adjacent to an activating group) is 1. The number of rotatable bonds is 4. The summed E-state index contributed by atoms with van der Waals surface area (Å²) in [7, 11) is -1.33. The normalized spacial score (nSPS) is 27.1. The lowest BCUT2D eigenvalue weighted by Crippen LogP contribution is -2.49. The quantitative estimate of drug-likeness (QED) is 0.836. The Morgan fingerprint density at radius 3 is 2.39 bits per heavy atom.